The molecule has 1 heterocycles. The highest BCUT2D eigenvalue weighted by Crippen LogP contribution is 2.37. The zero-order valence-electron chi connectivity index (χ0n) is 9.23. The number of alkyl halides is 5. The Hall–Kier alpha value is -0.920. The molecule has 1 rings (SSSR count). The fraction of sp³-hybridized carbons (Fsp3) is 0.889. The third-order valence-corrected chi connectivity index (χ3v) is 2.63. The average molecular weight is 260 g/mol. The summed E-state index contributed by atoms with van der Waals surface area (Å²) in [5, 5.41) is 0. The van der Waals surface area contributed by atoms with Crippen LogP contribution in [0.3, 0.4) is 0 Å². The normalized spacial score (nSPS) is 20.2. The number of hydrogen-bond donors (Lipinski definition) is 0. The summed E-state index contributed by atoms with van der Waals surface area (Å²) in [5.41, 5.74) is 0. The predicted octanol–water partition coefficient (Wildman–Crippen LogP) is 1.35. The van der Waals surface area contributed by atoms with Gasteiger partial charge in [0.2, 0.25) is 0 Å². The van der Waals surface area contributed by atoms with Crippen LogP contribution in [-0.2, 0) is 4.79 Å². The molecule has 100 valence electrons. The van der Waals surface area contributed by atoms with Gasteiger partial charge < -0.3 is 9.80 Å². The monoisotopic (exact) mass is 260 g/mol. The maximum absolute atomic E-state index is 12.8. The largest absolute Gasteiger partial charge is 0.463 e. The standard InChI is InChI=1S/C9H13F5N2O/c1-15-3-2-4-16(6-5-15)7(17)8(10,11)9(12,13)14/h2-6H2,1H3. The van der Waals surface area contributed by atoms with E-state index in [1.807, 2.05) is 0 Å². The molecule has 0 atom stereocenters. The first-order valence-electron chi connectivity index (χ1n) is 5.08. The Bertz CT molecular complexity index is 292. The summed E-state index contributed by atoms with van der Waals surface area (Å²) < 4.78 is 61.6. The van der Waals surface area contributed by atoms with Gasteiger partial charge >= 0.3 is 18.0 Å². The second kappa shape index (κ2) is 4.75. The summed E-state index contributed by atoms with van der Waals surface area (Å²) in [4.78, 5) is 13.5. The molecule has 0 saturated carbocycles. The lowest BCUT2D eigenvalue weighted by Gasteiger charge is -2.26. The molecule has 1 amide bonds. The van der Waals surface area contributed by atoms with E-state index >= 15 is 0 Å². The van der Waals surface area contributed by atoms with Crippen molar-refractivity contribution in [1.82, 2.24) is 9.80 Å². The van der Waals surface area contributed by atoms with Crippen LogP contribution in [0.5, 0.6) is 0 Å². The lowest BCUT2D eigenvalue weighted by atomic mass is 10.2. The molecule has 1 fully saturated rings. The lowest BCUT2D eigenvalue weighted by molar-refractivity contribution is -0.274. The van der Waals surface area contributed by atoms with Gasteiger partial charge in [-0.2, -0.15) is 22.0 Å². The molecule has 0 aromatic carbocycles. The Morgan fingerprint density at radius 3 is 2.12 bits per heavy atom. The van der Waals surface area contributed by atoms with Crippen molar-refractivity contribution in [2.75, 3.05) is 33.2 Å². The van der Waals surface area contributed by atoms with Crippen LogP contribution < -0.4 is 0 Å². The van der Waals surface area contributed by atoms with E-state index in [4.69, 9.17) is 0 Å². The maximum atomic E-state index is 12.8. The van der Waals surface area contributed by atoms with Gasteiger partial charge in [0.05, 0.1) is 0 Å². The number of nitrogens with zero attached hydrogens (tertiary/aromatic N) is 2. The Morgan fingerprint density at radius 1 is 1.00 bits per heavy atom. The molecular formula is C9H13F5N2O. The minimum Gasteiger partial charge on any atom is -0.336 e. The Morgan fingerprint density at radius 2 is 1.59 bits per heavy atom. The van der Waals surface area contributed by atoms with Crippen molar-refractivity contribution in [2.24, 2.45) is 0 Å². The number of amides is 1. The summed E-state index contributed by atoms with van der Waals surface area (Å²) in [5.74, 6) is -7.45. The second-order valence-electron chi connectivity index (χ2n) is 4.02. The first-order chi connectivity index (χ1) is 7.66. The van der Waals surface area contributed by atoms with Crippen molar-refractivity contribution < 1.29 is 26.7 Å². The molecule has 0 spiro atoms. The minimum absolute atomic E-state index is 0.0746. The highest BCUT2D eigenvalue weighted by molar-refractivity contribution is 5.84. The van der Waals surface area contributed by atoms with Crippen molar-refractivity contribution in [2.45, 2.75) is 18.5 Å². The van der Waals surface area contributed by atoms with Crippen LogP contribution in [0.2, 0.25) is 0 Å². The highest BCUT2D eigenvalue weighted by Gasteiger charge is 2.64. The van der Waals surface area contributed by atoms with Crippen molar-refractivity contribution >= 4 is 5.91 Å². The van der Waals surface area contributed by atoms with Gasteiger partial charge in [0.25, 0.3) is 0 Å². The summed E-state index contributed by atoms with van der Waals surface area (Å²) in [7, 11) is 1.72. The fourth-order valence-electron chi connectivity index (χ4n) is 1.57. The highest BCUT2D eigenvalue weighted by atomic mass is 19.4. The smallest absolute Gasteiger partial charge is 0.336 e. The number of halogens is 5. The van der Waals surface area contributed by atoms with Gasteiger partial charge in [-0.1, -0.05) is 0 Å². The number of carbonyl (C=O) groups excluding carboxylic acids is 1. The predicted molar refractivity (Wildman–Crippen MR) is 49.7 cm³/mol. The number of carbonyl (C=O) groups is 1. The Balaban J connectivity index is 2.76. The quantitative estimate of drug-likeness (QED) is 0.664. The van der Waals surface area contributed by atoms with Crippen molar-refractivity contribution in [3.63, 3.8) is 0 Å². The third kappa shape index (κ3) is 3.05. The van der Waals surface area contributed by atoms with Gasteiger partial charge in [-0.25, -0.2) is 0 Å². The topological polar surface area (TPSA) is 23.6 Å². The molecule has 0 N–H and O–H groups in total. The molecule has 1 saturated heterocycles. The first-order valence-corrected chi connectivity index (χ1v) is 5.08. The molecule has 0 aliphatic carbocycles. The molecule has 1 aliphatic rings. The van der Waals surface area contributed by atoms with Crippen LogP contribution in [0.25, 0.3) is 0 Å². The molecular weight excluding hydrogens is 247 g/mol. The lowest BCUT2D eigenvalue weighted by Crippen LogP contribution is -2.52. The van der Waals surface area contributed by atoms with Gasteiger partial charge in [0, 0.05) is 19.6 Å². The van der Waals surface area contributed by atoms with Crippen LogP contribution in [0.1, 0.15) is 6.42 Å². The van der Waals surface area contributed by atoms with Crippen molar-refractivity contribution in [3.05, 3.63) is 0 Å². The van der Waals surface area contributed by atoms with E-state index < -0.39 is 18.0 Å². The average Bonchev–Trinajstić information content (AvgIpc) is 2.40. The summed E-state index contributed by atoms with van der Waals surface area (Å²) >= 11 is 0. The van der Waals surface area contributed by atoms with Gasteiger partial charge in [-0.05, 0) is 20.0 Å². The van der Waals surface area contributed by atoms with E-state index in [0.29, 0.717) is 24.4 Å². The van der Waals surface area contributed by atoms with Crippen LogP contribution in [-0.4, -0.2) is 61.0 Å². The Kier molecular flexibility index (Phi) is 3.95. The fourth-order valence-corrected chi connectivity index (χ4v) is 1.57. The maximum Gasteiger partial charge on any atom is 0.463 e. The minimum atomic E-state index is -5.83. The molecule has 0 unspecified atom stereocenters. The van der Waals surface area contributed by atoms with E-state index in [1.54, 1.807) is 11.9 Å². The van der Waals surface area contributed by atoms with Gasteiger partial charge in [0.15, 0.2) is 0 Å². The number of likely N-dealkylation sites (N-methyl/N-ethyl adjacent to an activating group) is 1. The SMILES string of the molecule is CN1CCCN(C(=O)C(F)(F)C(F)(F)F)CC1. The van der Waals surface area contributed by atoms with Crippen molar-refractivity contribution in [3.8, 4) is 0 Å². The van der Waals surface area contributed by atoms with E-state index in [-0.39, 0.29) is 13.1 Å². The summed E-state index contributed by atoms with van der Waals surface area (Å²) in [6.07, 6.45) is -5.45. The molecule has 0 aromatic heterocycles. The van der Waals surface area contributed by atoms with Gasteiger partial charge in [-0.15, -0.1) is 0 Å². The first kappa shape index (κ1) is 14.1. The molecule has 8 heteroatoms. The van der Waals surface area contributed by atoms with E-state index in [9.17, 15) is 26.7 Å². The molecule has 0 bridgehead atoms. The van der Waals surface area contributed by atoms with Gasteiger partial charge in [0.1, 0.15) is 0 Å². The third-order valence-electron chi connectivity index (χ3n) is 2.63. The summed E-state index contributed by atoms with van der Waals surface area (Å²) in [6, 6.07) is 0. The molecule has 0 aromatic rings. The molecule has 1 aliphatic heterocycles. The van der Waals surface area contributed by atoms with Crippen molar-refractivity contribution in [1.29, 1.82) is 0 Å². The zero-order valence-corrected chi connectivity index (χ0v) is 9.23. The number of rotatable bonds is 1. The number of hydrogen-bond acceptors (Lipinski definition) is 2. The molecule has 3 nitrogen and oxygen atoms in total. The molecule has 17 heavy (non-hydrogen) atoms. The molecule has 0 radical (unpaired) electrons. The zero-order chi connectivity index (χ0) is 13.3. The second-order valence-corrected chi connectivity index (χ2v) is 4.02. The summed E-state index contributed by atoms with van der Waals surface area (Å²) in [6.45, 7) is 0.677. The van der Waals surface area contributed by atoms with Crippen LogP contribution in [0, 0.1) is 0 Å². The van der Waals surface area contributed by atoms with E-state index in [0.717, 1.165) is 0 Å². The van der Waals surface area contributed by atoms with Crippen LogP contribution >= 0.6 is 0 Å². The van der Waals surface area contributed by atoms with Crippen LogP contribution in [0.4, 0.5) is 22.0 Å². The Labute approximate surface area is 95.2 Å². The van der Waals surface area contributed by atoms with Gasteiger partial charge in [-0.3, -0.25) is 4.79 Å². The van der Waals surface area contributed by atoms with Crippen LogP contribution in [0.15, 0.2) is 0 Å². The van der Waals surface area contributed by atoms with E-state index in [1.165, 1.54) is 0 Å². The van der Waals surface area contributed by atoms with E-state index in [2.05, 4.69) is 0 Å².